The molecule has 0 aliphatic heterocycles. The first kappa shape index (κ1) is 11.6. The largest absolute Gasteiger partial charge is 0.496 e. The van der Waals surface area contributed by atoms with E-state index in [0.29, 0.717) is 23.5 Å². The molecule has 1 heterocycles. The second-order valence-corrected chi connectivity index (χ2v) is 3.85. The van der Waals surface area contributed by atoms with Crippen molar-refractivity contribution in [1.82, 2.24) is 15.0 Å². The van der Waals surface area contributed by atoms with E-state index in [-0.39, 0.29) is 0 Å². The van der Waals surface area contributed by atoms with E-state index in [1.807, 2.05) is 0 Å². The fourth-order valence-corrected chi connectivity index (χ4v) is 1.68. The lowest BCUT2D eigenvalue weighted by Gasteiger charge is -2.08. The Balaban J connectivity index is 2.28. The molecule has 0 unspecified atom stereocenters. The summed E-state index contributed by atoms with van der Waals surface area (Å²) in [4.78, 5) is 10.5. The predicted molar refractivity (Wildman–Crippen MR) is 62.5 cm³/mol. The number of carbonyl (C=O) groups excluding carboxylic acids is 1. The van der Waals surface area contributed by atoms with Gasteiger partial charge >= 0.3 is 0 Å². The van der Waals surface area contributed by atoms with E-state index < -0.39 is 0 Å². The lowest BCUT2D eigenvalue weighted by molar-refractivity contribution is 0.111. The van der Waals surface area contributed by atoms with Gasteiger partial charge in [-0.05, 0) is 18.2 Å². The third-order valence-corrected chi connectivity index (χ3v) is 2.49. The van der Waals surface area contributed by atoms with E-state index in [2.05, 4.69) is 10.3 Å². The van der Waals surface area contributed by atoms with Crippen LogP contribution in [0.15, 0.2) is 24.4 Å². The molecule has 0 saturated carbocycles. The van der Waals surface area contributed by atoms with Gasteiger partial charge in [0.2, 0.25) is 0 Å². The minimum Gasteiger partial charge on any atom is -0.496 e. The summed E-state index contributed by atoms with van der Waals surface area (Å²) in [6.07, 6.45) is 2.21. The van der Waals surface area contributed by atoms with Crippen LogP contribution < -0.4 is 4.74 Å². The smallest absolute Gasteiger partial charge is 0.171 e. The molecule has 0 bridgehead atoms. The van der Waals surface area contributed by atoms with Crippen LogP contribution in [0.3, 0.4) is 0 Å². The number of ether oxygens (including phenoxy) is 1. The van der Waals surface area contributed by atoms with E-state index >= 15 is 0 Å². The highest BCUT2D eigenvalue weighted by molar-refractivity contribution is 6.30. The standard InChI is InChI=1S/C11H10ClN3O2/c1-17-11-3-2-9(12)4-8(11)5-15-6-10(7-16)13-14-15/h2-4,6-7H,5H2,1H3. The lowest BCUT2D eigenvalue weighted by Crippen LogP contribution is -2.02. The van der Waals surface area contributed by atoms with Gasteiger partial charge in [-0.3, -0.25) is 4.79 Å². The normalized spacial score (nSPS) is 10.2. The summed E-state index contributed by atoms with van der Waals surface area (Å²) >= 11 is 5.92. The van der Waals surface area contributed by atoms with E-state index in [1.165, 1.54) is 0 Å². The highest BCUT2D eigenvalue weighted by Crippen LogP contribution is 2.23. The summed E-state index contributed by atoms with van der Waals surface area (Å²) < 4.78 is 6.77. The van der Waals surface area contributed by atoms with Gasteiger partial charge in [0.1, 0.15) is 11.4 Å². The summed E-state index contributed by atoms with van der Waals surface area (Å²) in [5, 5.41) is 8.13. The molecule has 2 aromatic rings. The van der Waals surface area contributed by atoms with E-state index in [1.54, 1.807) is 36.2 Å². The highest BCUT2D eigenvalue weighted by atomic mass is 35.5. The Bertz CT molecular complexity index is 539. The Hall–Kier alpha value is -1.88. The molecule has 0 amide bonds. The first-order chi connectivity index (χ1) is 8.22. The van der Waals surface area contributed by atoms with E-state index in [9.17, 15) is 4.79 Å². The van der Waals surface area contributed by atoms with Gasteiger partial charge < -0.3 is 4.74 Å². The van der Waals surface area contributed by atoms with Gasteiger partial charge in [0.25, 0.3) is 0 Å². The topological polar surface area (TPSA) is 57.0 Å². The van der Waals surface area contributed by atoms with Crippen LogP contribution in [0.25, 0.3) is 0 Å². The van der Waals surface area contributed by atoms with E-state index in [0.717, 1.165) is 11.3 Å². The molecule has 0 N–H and O–H groups in total. The molecule has 0 saturated heterocycles. The van der Waals surface area contributed by atoms with Crippen molar-refractivity contribution in [2.75, 3.05) is 7.11 Å². The maximum Gasteiger partial charge on any atom is 0.171 e. The average molecular weight is 252 g/mol. The van der Waals surface area contributed by atoms with Crippen molar-refractivity contribution < 1.29 is 9.53 Å². The highest BCUT2D eigenvalue weighted by Gasteiger charge is 2.06. The predicted octanol–water partition coefficient (Wildman–Crippen LogP) is 1.80. The summed E-state index contributed by atoms with van der Waals surface area (Å²) in [7, 11) is 1.59. The van der Waals surface area contributed by atoms with Crippen LogP contribution in [0.2, 0.25) is 5.02 Å². The van der Waals surface area contributed by atoms with Gasteiger partial charge in [-0.15, -0.1) is 5.10 Å². The molecule has 1 aromatic heterocycles. The molecule has 0 radical (unpaired) electrons. The van der Waals surface area contributed by atoms with Crippen molar-refractivity contribution in [3.05, 3.63) is 40.7 Å². The number of nitrogens with zero attached hydrogens (tertiary/aromatic N) is 3. The first-order valence-electron chi connectivity index (χ1n) is 4.90. The van der Waals surface area contributed by atoms with Crippen molar-refractivity contribution in [3.63, 3.8) is 0 Å². The van der Waals surface area contributed by atoms with Crippen LogP contribution >= 0.6 is 11.6 Å². The van der Waals surface area contributed by atoms with Crippen molar-refractivity contribution in [2.45, 2.75) is 6.54 Å². The summed E-state index contributed by atoms with van der Waals surface area (Å²) in [5.74, 6) is 0.720. The number of benzene rings is 1. The van der Waals surface area contributed by atoms with Crippen LogP contribution in [-0.2, 0) is 6.54 Å². The van der Waals surface area contributed by atoms with Crippen LogP contribution in [-0.4, -0.2) is 28.4 Å². The number of methoxy groups -OCH3 is 1. The Morgan fingerprint density at radius 3 is 3.00 bits per heavy atom. The second-order valence-electron chi connectivity index (χ2n) is 3.42. The molecule has 0 atom stereocenters. The number of hydrogen-bond acceptors (Lipinski definition) is 4. The number of halogens is 1. The molecule has 0 aliphatic rings. The molecule has 88 valence electrons. The van der Waals surface area contributed by atoms with Gasteiger partial charge in [0.05, 0.1) is 19.9 Å². The summed E-state index contributed by atoms with van der Waals surface area (Å²) in [5.41, 5.74) is 1.17. The second kappa shape index (κ2) is 4.97. The SMILES string of the molecule is COc1ccc(Cl)cc1Cn1cc(C=O)nn1. The zero-order valence-electron chi connectivity index (χ0n) is 9.13. The lowest BCUT2D eigenvalue weighted by atomic mass is 10.2. The monoisotopic (exact) mass is 251 g/mol. The third-order valence-electron chi connectivity index (χ3n) is 2.25. The fourth-order valence-electron chi connectivity index (χ4n) is 1.49. The number of carbonyl (C=O) groups is 1. The molecule has 0 spiro atoms. The zero-order valence-corrected chi connectivity index (χ0v) is 9.89. The third kappa shape index (κ3) is 2.62. The first-order valence-corrected chi connectivity index (χ1v) is 5.28. The molecular weight excluding hydrogens is 242 g/mol. The van der Waals surface area contributed by atoms with Crippen LogP contribution in [0, 0.1) is 0 Å². The average Bonchev–Trinajstić information content (AvgIpc) is 2.77. The Morgan fingerprint density at radius 1 is 1.53 bits per heavy atom. The molecule has 0 aliphatic carbocycles. The maximum atomic E-state index is 10.5. The van der Waals surface area contributed by atoms with Gasteiger partial charge in [0.15, 0.2) is 6.29 Å². The number of hydrogen-bond donors (Lipinski definition) is 0. The van der Waals surface area contributed by atoms with Crippen molar-refractivity contribution in [1.29, 1.82) is 0 Å². The van der Waals surface area contributed by atoms with Crippen LogP contribution in [0.1, 0.15) is 16.1 Å². The molecule has 6 heteroatoms. The van der Waals surface area contributed by atoms with Gasteiger partial charge in [-0.1, -0.05) is 16.8 Å². The number of aromatic nitrogens is 3. The molecule has 17 heavy (non-hydrogen) atoms. The fraction of sp³-hybridized carbons (Fsp3) is 0.182. The minimum absolute atomic E-state index is 0.297. The summed E-state index contributed by atoms with van der Waals surface area (Å²) in [6.45, 7) is 0.449. The van der Waals surface area contributed by atoms with Crippen molar-refractivity contribution in [3.8, 4) is 5.75 Å². The van der Waals surface area contributed by atoms with Crippen LogP contribution in [0.4, 0.5) is 0 Å². The molecule has 1 aromatic carbocycles. The van der Waals surface area contributed by atoms with E-state index in [4.69, 9.17) is 16.3 Å². The van der Waals surface area contributed by atoms with Crippen molar-refractivity contribution >= 4 is 17.9 Å². The van der Waals surface area contributed by atoms with Gasteiger partial charge in [-0.25, -0.2) is 4.68 Å². The molecular formula is C11H10ClN3O2. The number of rotatable bonds is 4. The summed E-state index contributed by atoms with van der Waals surface area (Å²) in [6, 6.07) is 5.33. The maximum absolute atomic E-state index is 10.5. The molecule has 2 rings (SSSR count). The zero-order chi connectivity index (χ0) is 12.3. The Morgan fingerprint density at radius 2 is 2.35 bits per heavy atom. The number of aldehydes is 1. The molecule has 5 nitrogen and oxygen atoms in total. The van der Waals surface area contributed by atoms with Gasteiger partial charge in [-0.2, -0.15) is 0 Å². The Labute approximate surface area is 103 Å². The molecule has 0 fully saturated rings. The van der Waals surface area contributed by atoms with Gasteiger partial charge in [0, 0.05) is 10.6 Å². The minimum atomic E-state index is 0.297. The van der Waals surface area contributed by atoms with Crippen molar-refractivity contribution in [2.24, 2.45) is 0 Å². The quantitative estimate of drug-likeness (QED) is 0.778. The van der Waals surface area contributed by atoms with Crippen LogP contribution in [0.5, 0.6) is 5.75 Å². The Kier molecular flexibility index (Phi) is 3.39.